The summed E-state index contributed by atoms with van der Waals surface area (Å²) in [5.41, 5.74) is 0.375. The van der Waals surface area contributed by atoms with Crippen molar-refractivity contribution in [3.63, 3.8) is 0 Å². The van der Waals surface area contributed by atoms with Gasteiger partial charge in [-0.25, -0.2) is 8.42 Å². The van der Waals surface area contributed by atoms with Crippen LogP contribution >= 0.6 is 0 Å². The van der Waals surface area contributed by atoms with Crippen LogP contribution < -0.4 is 0 Å². The van der Waals surface area contributed by atoms with Gasteiger partial charge >= 0.3 is 0 Å². The smallest absolute Gasteiger partial charge is 0.246 e. The first-order chi connectivity index (χ1) is 9.78. The van der Waals surface area contributed by atoms with E-state index in [2.05, 4.69) is 4.90 Å². The van der Waals surface area contributed by atoms with Crippen molar-refractivity contribution >= 4 is 10.0 Å². The maximum Gasteiger partial charge on any atom is 0.246 e. The summed E-state index contributed by atoms with van der Waals surface area (Å²) in [6, 6.07) is 0.222. The lowest BCUT2D eigenvalue weighted by Crippen LogP contribution is -2.47. The molecule has 1 N–H and O–H groups in total. The minimum absolute atomic E-state index is 0.141. The Balaban J connectivity index is 2.38. The van der Waals surface area contributed by atoms with Crippen molar-refractivity contribution in [1.29, 1.82) is 0 Å². The van der Waals surface area contributed by atoms with Crippen LogP contribution in [0.1, 0.15) is 29.9 Å². The van der Waals surface area contributed by atoms with Crippen LogP contribution in [0.2, 0.25) is 0 Å². The summed E-state index contributed by atoms with van der Waals surface area (Å²) < 4.78 is 32.7. The SMILES string of the molecule is Cc1oc(C)c(S(=O)(=O)N2CCCC(N(C)C)C2)c1CO. The van der Waals surface area contributed by atoms with E-state index in [1.165, 1.54) is 4.31 Å². The van der Waals surface area contributed by atoms with Gasteiger partial charge in [0.2, 0.25) is 10.0 Å². The second kappa shape index (κ2) is 6.08. The maximum absolute atomic E-state index is 12.9. The van der Waals surface area contributed by atoms with Gasteiger partial charge in [-0.3, -0.25) is 0 Å². The Morgan fingerprint density at radius 1 is 1.33 bits per heavy atom. The first-order valence-corrected chi connectivity index (χ1v) is 8.59. The van der Waals surface area contributed by atoms with Gasteiger partial charge in [-0.2, -0.15) is 4.31 Å². The van der Waals surface area contributed by atoms with Crippen LogP contribution in [-0.2, 0) is 16.6 Å². The minimum atomic E-state index is -3.63. The summed E-state index contributed by atoms with van der Waals surface area (Å²) in [6.45, 7) is 3.97. The number of aliphatic hydroxyl groups excluding tert-OH is 1. The summed E-state index contributed by atoms with van der Waals surface area (Å²) in [7, 11) is 0.303. The molecule has 0 radical (unpaired) electrons. The average molecular weight is 316 g/mol. The van der Waals surface area contributed by atoms with Gasteiger partial charge in [-0.1, -0.05) is 0 Å². The molecular formula is C14H24N2O4S. The highest BCUT2D eigenvalue weighted by atomic mass is 32.2. The van der Waals surface area contributed by atoms with E-state index in [0.29, 0.717) is 30.2 Å². The number of aryl methyl sites for hydroxylation is 2. The van der Waals surface area contributed by atoms with Gasteiger partial charge in [0.25, 0.3) is 0 Å². The fourth-order valence-corrected chi connectivity index (χ4v) is 4.84. The van der Waals surface area contributed by atoms with Crippen LogP contribution in [0.4, 0.5) is 0 Å². The van der Waals surface area contributed by atoms with Crippen molar-refractivity contribution in [1.82, 2.24) is 9.21 Å². The van der Waals surface area contributed by atoms with Crippen LogP contribution in [0.5, 0.6) is 0 Å². The molecule has 1 fully saturated rings. The summed E-state index contributed by atoms with van der Waals surface area (Å²) in [4.78, 5) is 2.20. The zero-order valence-corrected chi connectivity index (χ0v) is 13.9. The lowest BCUT2D eigenvalue weighted by molar-refractivity contribution is 0.190. The van der Waals surface area contributed by atoms with Gasteiger partial charge in [-0.05, 0) is 40.8 Å². The molecule has 1 aliphatic rings. The first kappa shape index (κ1) is 16.5. The number of nitrogens with zero attached hydrogens (tertiary/aromatic N) is 2. The van der Waals surface area contributed by atoms with Crippen molar-refractivity contribution in [2.24, 2.45) is 0 Å². The molecule has 1 aromatic heterocycles. The lowest BCUT2D eigenvalue weighted by atomic mass is 10.1. The average Bonchev–Trinajstić information content (AvgIpc) is 2.73. The van der Waals surface area contributed by atoms with Crippen molar-refractivity contribution in [2.75, 3.05) is 27.2 Å². The van der Waals surface area contributed by atoms with E-state index in [-0.39, 0.29) is 17.5 Å². The predicted molar refractivity (Wildman–Crippen MR) is 79.6 cm³/mol. The third-order valence-corrected chi connectivity index (χ3v) is 6.23. The van der Waals surface area contributed by atoms with Gasteiger partial charge in [0.15, 0.2) is 0 Å². The molecule has 6 nitrogen and oxygen atoms in total. The molecule has 2 rings (SSSR count). The molecule has 1 aromatic rings. The highest BCUT2D eigenvalue weighted by molar-refractivity contribution is 7.89. The first-order valence-electron chi connectivity index (χ1n) is 7.15. The largest absolute Gasteiger partial charge is 0.465 e. The molecule has 0 aliphatic carbocycles. The molecule has 0 spiro atoms. The maximum atomic E-state index is 12.9. The van der Waals surface area contributed by atoms with E-state index in [4.69, 9.17) is 4.42 Å². The molecule has 1 unspecified atom stereocenters. The van der Waals surface area contributed by atoms with E-state index in [1.54, 1.807) is 13.8 Å². The van der Waals surface area contributed by atoms with E-state index in [1.807, 2.05) is 14.1 Å². The number of aliphatic hydroxyl groups is 1. The molecule has 7 heteroatoms. The third-order valence-electron chi connectivity index (χ3n) is 4.17. The van der Waals surface area contributed by atoms with Gasteiger partial charge in [0, 0.05) is 24.7 Å². The summed E-state index contributed by atoms with van der Waals surface area (Å²) >= 11 is 0. The van der Waals surface area contributed by atoms with E-state index in [0.717, 1.165) is 12.8 Å². The van der Waals surface area contributed by atoms with Crippen LogP contribution in [0.25, 0.3) is 0 Å². The number of sulfonamides is 1. The van der Waals surface area contributed by atoms with Crippen molar-refractivity contribution in [3.8, 4) is 0 Å². The highest BCUT2D eigenvalue weighted by Gasteiger charge is 2.35. The molecule has 21 heavy (non-hydrogen) atoms. The van der Waals surface area contributed by atoms with E-state index < -0.39 is 10.0 Å². The molecule has 0 saturated carbocycles. The van der Waals surface area contributed by atoms with Gasteiger partial charge in [0.05, 0.1) is 6.61 Å². The Morgan fingerprint density at radius 3 is 2.57 bits per heavy atom. The van der Waals surface area contributed by atoms with Crippen LogP contribution in [0.15, 0.2) is 9.31 Å². The molecule has 1 saturated heterocycles. The second-order valence-electron chi connectivity index (χ2n) is 5.80. The van der Waals surface area contributed by atoms with Gasteiger partial charge in [-0.15, -0.1) is 0 Å². The lowest BCUT2D eigenvalue weighted by Gasteiger charge is -2.35. The normalized spacial score (nSPS) is 21.1. The van der Waals surface area contributed by atoms with Crippen LogP contribution in [-0.4, -0.2) is 56.0 Å². The molecule has 0 aromatic carbocycles. The molecule has 1 atom stereocenters. The monoisotopic (exact) mass is 316 g/mol. The number of furan rings is 1. The summed E-state index contributed by atoms with van der Waals surface area (Å²) in [5, 5.41) is 9.46. The van der Waals surface area contributed by atoms with Crippen LogP contribution in [0, 0.1) is 13.8 Å². The third kappa shape index (κ3) is 3.01. The van der Waals surface area contributed by atoms with Crippen molar-refractivity contribution in [3.05, 3.63) is 17.1 Å². The zero-order valence-electron chi connectivity index (χ0n) is 13.1. The topological polar surface area (TPSA) is 74.0 Å². The fourth-order valence-electron chi connectivity index (χ4n) is 2.92. The quantitative estimate of drug-likeness (QED) is 0.900. The van der Waals surface area contributed by atoms with Crippen molar-refractivity contribution in [2.45, 2.75) is 44.2 Å². The Hall–Kier alpha value is -0.890. The Bertz CT molecular complexity index is 607. The Labute approximate surface area is 126 Å². The Kier molecular flexibility index (Phi) is 4.77. The van der Waals surface area contributed by atoms with Crippen molar-refractivity contribution < 1.29 is 17.9 Å². The zero-order chi connectivity index (χ0) is 15.8. The van der Waals surface area contributed by atoms with E-state index >= 15 is 0 Å². The molecule has 0 bridgehead atoms. The minimum Gasteiger partial charge on any atom is -0.465 e. The molecule has 120 valence electrons. The second-order valence-corrected chi connectivity index (χ2v) is 7.68. The number of hydrogen-bond donors (Lipinski definition) is 1. The highest BCUT2D eigenvalue weighted by Crippen LogP contribution is 2.31. The predicted octanol–water partition coefficient (Wildman–Crippen LogP) is 1.10. The standard InChI is InChI=1S/C14H24N2O4S/c1-10-13(9-17)14(11(2)20-10)21(18,19)16-7-5-6-12(8-16)15(3)4/h12,17H,5-9H2,1-4H3. The van der Waals surface area contributed by atoms with Crippen LogP contribution in [0.3, 0.4) is 0 Å². The molecule has 1 aliphatic heterocycles. The Morgan fingerprint density at radius 2 is 2.00 bits per heavy atom. The fraction of sp³-hybridized carbons (Fsp3) is 0.714. The number of rotatable bonds is 4. The summed E-state index contributed by atoms with van der Waals surface area (Å²) in [6.07, 6.45) is 1.84. The van der Waals surface area contributed by atoms with Gasteiger partial charge in [0.1, 0.15) is 16.4 Å². The van der Waals surface area contributed by atoms with Gasteiger partial charge < -0.3 is 14.4 Å². The number of piperidine rings is 1. The molecular weight excluding hydrogens is 292 g/mol. The van der Waals surface area contributed by atoms with E-state index in [9.17, 15) is 13.5 Å². The molecule has 0 amide bonds. The number of likely N-dealkylation sites (N-methyl/N-ethyl adjacent to an activating group) is 1. The molecule has 2 heterocycles. The number of hydrogen-bond acceptors (Lipinski definition) is 5. The summed E-state index contributed by atoms with van der Waals surface area (Å²) in [5.74, 6) is 0.818.